The molecule has 0 aliphatic heterocycles. The Bertz CT molecular complexity index is 466. The van der Waals surface area contributed by atoms with Gasteiger partial charge in [-0.15, -0.1) is 0 Å². The SMILES string of the molecule is COC(=O)C(CC(C)C)NC1CC(c2ccc(Br)cc2)C1. The van der Waals surface area contributed by atoms with Gasteiger partial charge in [-0.05, 0) is 48.8 Å². The van der Waals surface area contributed by atoms with Crippen LogP contribution < -0.4 is 5.32 Å². The van der Waals surface area contributed by atoms with Gasteiger partial charge in [0.15, 0.2) is 0 Å². The molecule has 2 rings (SSSR count). The highest BCUT2D eigenvalue weighted by Gasteiger charge is 2.33. The van der Waals surface area contributed by atoms with Gasteiger partial charge in [-0.1, -0.05) is 41.9 Å². The van der Waals surface area contributed by atoms with Crippen LogP contribution in [0.5, 0.6) is 0 Å². The van der Waals surface area contributed by atoms with Crippen LogP contribution in [0.4, 0.5) is 0 Å². The van der Waals surface area contributed by atoms with Crippen molar-refractivity contribution in [2.45, 2.75) is 51.1 Å². The number of halogens is 1. The molecule has 1 aliphatic rings. The lowest BCUT2D eigenvalue weighted by atomic mass is 9.75. The third-order valence-corrected chi connectivity index (χ3v) is 4.64. The van der Waals surface area contributed by atoms with E-state index in [-0.39, 0.29) is 12.0 Å². The first-order chi connectivity index (χ1) is 9.99. The number of hydrogen-bond acceptors (Lipinski definition) is 3. The van der Waals surface area contributed by atoms with E-state index in [1.54, 1.807) is 0 Å². The van der Waals surface area contributed by atoms with Crippen LogP contribution in [0.3, 0.4) is 0 Å². The minimum Gasteiger partial charge on any atom is -0.468 e. The molecule has 0 radical (unpaired) electrons. The average molecular weight is 354 g/mol. The van der Waals surface area contributed by atoms with Gasteiger partial charge in [0.25, 0.3) is 0 Å². The van der Waals surface area contributed by atoms with Crippen molar-refractivity contribution in [2.24, 2.45) is 5.92 Å². The molecule has 1 N–H and O–H groups in total. The molecule has 1 fully saturated rings. The third-order valence-electron chi connectivity index (χ3n) is 4.11. The second-order valence-electron chi connectivity index (χ2n) is 6.29. The van der Waals surface area contributed by atoms with Gasteiger partial charge in [0, 0.05) is 10.5 Å². The fourth-order valence-corrected chi connectivity index (χ4v) is 3.16. The van der Waals surface area contributed by atoms with Crippen LogP contribution in [0, 0.1) is 5.92 Å². The summed E-state index contributed by atoms with van der Waals surface area (Å²) in [5.41, 5.74) is 1.38. The molecule has 1 unspecified atom stereocenters. The van der Waals surface area contributed by atoms with E-state index < -0.39 is 0 Å². The highest BCUT2D eigenvalue weighted by molar-refractivity contribution is 9.10. The van der Waals surface area contributed by atoms with E-state index in [1.165, 1.54) is 12.7 Å². The molecule has 0 bridgehead atoms. The van der Waals surface area contributed by atoms with E-state index in [0.717, 1.165) is 23.7 Å². The summed E-state index contributed by atoms with van der Waals surface area (Å²) in [5, 5.41) is 3.46. The highest BCUT2D eigenvalue weighted by Crippen LogP contribution is 2.37. The second-order valence-corrected chi connectivity index (χ2v) is 7.20. The van der Waals surface area contributed by atoms with Crippen LogP contribution in [0.25, 0.3) is 0 Å². The van der Waals surface area contributed by atoms with Gasteiger partial charge >= 0.3 is 5.97 Å². The molecule has 1 atom stereocenters. The number of esters is 1. The summed E-state index contributed by atoms with van der Waals surface area (Å²) in [7, 11) is 1.46. The molecular formula is C17H24BrNO2. The third kappa shape index (κ3) is 4.55. The van der Waals surface area contributed by atoms with Crippen molar-refractivity contribution >= 4 is 21.9 Å². The van der Waals surface area contributed by atoms with Crippen molar-refractivity contribution in [2.75, 3.05) is 7.11 Å². The van der Waals surface area contributed by atoms with E-state index in [0.29, 0.717) is 17.9 Å². The van der Waals surface area contributed by atoms with Gasteiger partial charge in [-0.3, -0.25) is 4.79 Å². The first-order valence-electron chi connectivity index (χ1n) is 7.59. The molecule has 1 aliphatic carbocycles. The van der Waals surface area contributed by atoms with Gasteiger partial charge in [-0.25, -0.2) is 0 Å². The van der Waals surface area contributed by atoms with Crippen molar-refractivity contribution in [1.82, 2.24) is 5.32 Å². The second kappa shape index (κ2) is 7.41. The largest absolute Gasteiger partial charge is 0.468 e. The van der Waals surface area contributed by atoms with Gasteiger partial charge in [-0.2, -0.15) is 0 Å². The predicted octanol–water partition coefficient (Wildman–Crippen LogP) is 3.87. The Balaban J connectivity index is 1.85. The monoisotopic (exact) mass is 353 g/mol. The van der Waals surface area contributed by atoms with Crippen molar-refractivity contribution in [3.8, 4) is 0 Å². The normalized spacial score (nSPS) is 22.7. The zero-order valence-electron chi connectivity index (χ0n) is 12.9. The fourth-order valence-electron chi connectivity index (χ4n) is 2.89. The highest BCUT2D eigenvalue weighted by atomic mass is 79.9. The fraction of sp³-hybridized carbons (Fsp3) is 0.588. The molecule has 1 saturated carbocycles. The lowest BCUT2D eigenvalue weighted by Gasteiger charge is -2.38. The lowest BCUT2D eigenvalue weighted by Crippen LogP contribution is -2.49. The van der Waals surface area contributed by atoms with Crippen molar-refractivity contribution in [3.63, 3.8) is 0 Å². The minimum absolute atomic E-state index is 0.143. The number of ether oxygens (including phenoxy) is 1. The van der Waals surface area contributed by atoms with E-state index >= 15 is 0 Å². The van der Waals surface area contributed by atoms with Gasteiger partial charge in [0.2, 0.25) is 0 Å². The first-order valence-corrected chi connectivity index (χ1v) is 8.38. The summed E-state index contributed by atoms with van der Waals surface area (Å²) < 4.78 is 6.01. The molecule has 1 aromatic carbocycles. The number of nitrogens with one attached hydrogen (secondary N) is 1. The number of methoxy groups -OCH3 is 1. The molecule has 0 saturated heterocycles. The summed E-state index contributed by atoms with van der Waals surface area (Å²) in [4.78, 5) is 11.8. The van der Waals surface area contributed by atoms with Crippen molar-refractivity contribution in [3.05, 3.63) is 34.3 Å². The predicted molar refractivity (Wildman–Crippen MR) is 88.3 cm³/mol. The molecule has 21 heavy (non-hydrogen) atoms. The summed E-state index contributed by atoms with van der Waals surface area (Å²) in [6.45, 7) is 4.26. The maximum Gasteiger partial charge on any atom is 0.322 e. The van der Waals surface area contributed by atoms with Gasteiger partial charge in [0.1, 0.15) is 6.04 Å². The van der Waals surface area contributed by atoms with E-state index in [1.807, 2.05) is 0 Å². The van der Waals surface area contributed by atoms with E-state index in [2.05, 4.69) is 59.4 Å². The Labute approximate surface area is 135 Å². The molecule has 0 spiro atoms. The molecule has 0 amide bonds. The quantitative estimate of drug-likeness (QED) is 0.788. The Hall–Kier alpha value is -0.870. The zero-order valence-corrected chi connectivity index (χ0v) is 14.5. The van der Waals surface area contributed by atoms with Crippen molar-refractivity contribution in [1.29, 1.82) is 0 Å². The van der Waals surface area contributed by atoms with E-state index in [4.69, 9.17) is 4.74 Å². The van der Waals surface area contributed by atoms with Crippen LogP contribution in [0.1, 0.15) is 44.6 Å². The number of hydrogen-bond donors (Lipinski definition) is 1. The van der Waals surface area contributed by atoms with Crippen LogP contribution >= 0.6 is 15.9 Å². The number of rotatable bonds is 6. The molecular weight excluding hydrogens is 330 g/mol. The van der Waals surface area contributed by atoms with Crippen molar-refractivity contribution < 1.29 is 9.53 Å². The standard InChI is InChI=1S/C17H24BrNO2/c1-11(2)8-16(17(20)21-3)19-15-9-13(10-15)12-4-6-14(18)7-5-12/h4-7,11,13,15-16,19H,8-10H2,1-3H3. The molecule has 1 aromatic rings. The number of carbonyl (C=O) groups is 1. The maximum absolute atomic E-state index is 11.8. The Morgan fingerprint density at radius 3 is 2.48 bits per heavy atom. The molecule has 4 heteroatoms. The minimum atomic E-state index is -0.175. The van der Waals surface area contributed by atoms with Crippen LogP contribution in [0.2, 0.25) is 0 Å². The summed E-state index contributed by atoms with van der Waals surface area (Å²) >= 11 is 3.46. The Kier molecular flexibility index (Phi) is 5.82. The lowest BCUT2D eigenvalue weighted by molar-refractivity contribution is -0.144. The Morgan fingerprint density at radius 1 is 1.33 bits per heavy atom. The summed E-state index contributed by atoms with van der Waals surface area (Å²) in [5.74, 6) is 0.938. The van der Waals surface area contributed by atoms with Crippen LogP contribution in [-0.4, -0.2) is 25.2 Å². The smallest absolute Gasteiger partial charge is 0.322 e. The summed E-state index contributed by atoms with van der Waals surface area (Å²) in [6, 6.07) is 8.78. The molecule has 0 aromatic heterocycles. The molecule has 116 valence electrons. The number of benzene rings is 1. The molecule has 3 nitrogen and oxygen atoms in total. The van der Waals surface area contributed by atoms with Gasteiger partial charge in [0.05, 0.1) is 7.11 Å². The van der Waals surface area contributed by atoms with Gasteiger partial charge < -0.3 is 10.1 Å². The van der Waals surface area contributed by atoms with Crippen LogP contribution in [0.15, 0.2) is 28.7 Å². The van der Waals surface area contributed by atoms with Crippen LogP contribution in [-0.2, 0) is 9.53 Å². The first kappa shape index (κ1) is 16.5. The molecule has 0 heterocycles. The summed E-state index contributed by atoms with van der Waals surface area (Å²) in [6.07, 6.45) is 3.01. The maximum atomic E-state index is 11.8. The Morgan fingerprint density at radius 2 is 1.95 bits per heavy atom. The zero-order chi connectivity index (χ0) is 15.4. The number of carbonyl (C=O) groups excluding carboxylic acids is 1. The average Bonchev–Trinajstić information content (AvgIpc) is 2.41. The van der Waals surface area contributed by atoms with E-state index in [9.17, 15) is 4.79 Å². The topological polar surface area (TPSA) is 38.3 Å².